The Balaban J connectivity index is 1.21. The molecule has 4 aromatic rings. The third kappa shape index (κ3) is 5.05. The van der Waals surface area contributed by atoms with Crippen molar-refractivity contribution in [2.24, 2.45) is 5.92 Å². The quantitative estimate of drug-likeness (QED) is 0.383. The molecular weight excluding hydrogens is 469 g/mol. The summed E-state index contributed by atoms with van der Waals surface area (Å²) in [6, 6.07) is 15.2. The fraction of sp³-hybridized carbons (Fsp3) is 0.185. The van der Waals surface area contributed by atoms with Crippen LogP contribution >= 0.6 is 0 Å². The second-order valence-corrected chi connectivity index (χ2v) is 8.72. The van der Waals surface area contributed by atoms with Gasteiger partial charge in [-0.15, -0.1) is 0 Å². The van der Waals surface area contributed by atoms with Crippen molar-refractivity contribution in [3.63, 3.8) is 0 Å². The van der Waals surface area contributed by atoms with Crippen LogP contribution in [0.15, 0.2) is 79.4 Å². The number of rotatable bonds is 6. The Morgan fingerprint density at radius 1 is 0.972 bits per heavy atom. The third-order valence-electron chi connectivity index (χ3n) is 6.24. The average Bonchev–Trinajstić information content (AvgIpc) is 3.68. The van der Waals surface area contributed by atoms with Crippen LogP contribution in [-0.2, 0) is 17.5 Å². The molecule has 2 atom stereocenters. The van der Waals surface area contributed by atoms with Gasteiger partial charge in [-0.2, -0.15) is 13.2 Å². The average molecular weight is 490 g/mol. The first kappa shape index (κ1) is 23.5. The Kier molecular flexibility index (Phi) is 6.13. The molecule has 2 N–H and O–H groups in total. The predicted molar refractivity (Wildman–Crippen MR) is 128 cm³/mol. The molecule has 5 rings (SSSR count). The molecule has 2 aromatic carbocycles. The lowest BCUT2D eigenvalue weighted by molar-refractivity contribution is -0.136. The molecule has 1 aliphatic rings. The first-order valence-electron chi connectivity index (χ1n) is 11.3. The minimum Gasteiger partial charge on any atom is -0.348 e. The van der Waals surface area contributed by atoms with Gasteiger partial charge in [0.05, 0.1) is 5.56 Å². The fourth-order valence-electron chi connectivity index (χ4n) is 4.22. The van der Waals surface area contributed by atoms with E-state index in [0.29, 0.717) is 29.6 Å². The Hall–Kier alpha value is -4.27. The van der Waals surface area contributed by atoms with Crippen molar-refractivity contribution < 1.29 is 22.8 Å². The Bertz CT molecular complexity index is 1420. The van der Waals surface area contributed by atoms with Gasteiger partial charge in [0.1, 0.15) is 0 Å². The summed E-state index contributed by atoms with van der Waals surface area (Å²) in [5.41, 5.74) is 1.80. The van der Waals surface area contributed by atoms with Crippen molar-refractivity contribution in [2.75, 3.05) is 5.32 Å². The van der Waals surface area contributed by atoms with Crippen LogP contribution < -0.4 is 10.6 Å². The SMILES string of the molecule is O=C(NCc1cccnc1)c1ccc([C@@H]2C[C@H]2C(=O)Nc2ccc3cncc(C(F)(F)F)c3c2)cc1. The van der Waals surface area contributed by atoms with Crippen LogP contribution in [0.4, 0.5) is 18.9 Å². The second-order valence-electron chi connectivity index (χ2n) is 8.72. The van der Waals surface area contributed by atoms with Crippen LogP contribution in [-0.4, -0.2) is 21.8 Å². The molecule has 0 spiro atoms. The Morgan fingerprint density at radius 2 is 1.78 bits per heavy atom. The van der Waals surface area contributed by atoms with Crippen molar-refractivity contribution in [1.82, 2.24) is 15.3 Å². The largest absolute Gasteiger partial charge is 0.418 e. The van der Waals surface area contributed by atoms with E-state index in [4.69, 9.17) is 0 Å². The standard InChI is InChI=1S/C27H21F3N4O2/c28-27(29,30)24-15-32-14-19-7-8-20(10-22(19)24)34-26(36)23-11-21(23)17-3-5-18(6-4-17)25(35)33-13-16-2-1-9-31-12-16/h1-10,12,14-15,21,23H,11,13H2,(H,33,35)(H,34,36)/t21-,23+/m0/s1. The smallest absolute Gasteiger partial charge is 0.348 e. The summed E-state index contributed by atoms with van der Waals surface area (Å²) < 4.78 is 40.0. The van der Waals surface area contributed by atoms with Gasteiger partial charge >= 0.3 is 6.18 Å². The summed E-state index contributed by atoms with van der Waals surface area (Å²) in [5.74, 6) is -0.751. The zero-order chi connectivity index (χ0) is 25.3. The van der Waals surface area contributed by atoms with Crippen molar-refractivity contribution in [3.8, 4) is 0 Å². The van der Waals surface area contributed by atoms with Crippen LogP contribution in [0, 0.1) is 5.92 Å². The van der Waals surface area contributed by atoms with Crippen molar-refractivity contribution in [2.45, 2.75) is 25.1 Å². The molecule has 0 unspecified atom stereocenters. The van der Waals surface area contributed by atoms with Gasteiger partial charge in [-0.3, -0.25) is 19.6 Å². The van der Waals surface area contributed by atoms with Crippen LogP contribution in [0.2, 0.25) is 0 Å². The number of nitrogens with one attached hydrogen (secondary N) is 2. The third-order valence-corrected chi connectivity index (χ3v) is 6.24. The molecule has 0 radical (unpaired) electrons. The Morgan fingerprint density at radius 3 is 2.50 bits per heavy atom. The number of alkyl halides is 3. The lowest BCUT2D eigenvalue weighted by atomic mass is 10.1. The van der Waals surface area contributed by atoms with Gasteiger partial charge in [0.15, 0.2) is 0 Å². The number of pyridine rings is 2. The molecular formula is C27H21F3N4O2. The predicted octanol–water partition coefficient (Wildman–Crippen LogP) is 5.32. The molecule has 2 heterocycles. The molecule has 1 saturated carbocycles. The molecule has 2 aromatic heterocycles. The first-order chi connectivity index (χ1) is 17.3. The number of amides is 2. The minimum absolute atomic E-state index is 0.00658. The van der Waals surface area contributed by atoms with Crippen LogP contribution in [0.25, 0.3) is 10.8 Å². The van der Waals surface area contributed by atoms with Crippen molar-refractivity contribution in [1.29, 1.82) is 0 Å². The molecule has 9 heteroatoms. The van der Waals surface area contributed by atoms with E-state index in [9.17, 15) is 22.8 Å². The van der Waals surface area contributed by atoms with Gasteiger partial charge in [0.25, 0.3) is 5.91 Å². The highest BCUT2D eigenvalue weighted by Gasteiger charge is 2.44. The van der Waals surface area contributed by atoms with E-state index in [2.05, 4.69) is 20.6 Å². The molecule has 1 fully saturated rings. The summed E-state index contributed by atoms with van der Waals surface area (Å²) in [6.45, 7) is 0.370. The van der Waals surface area contributed by atoms with E-state index >= 15 is 0 Å². The zero-order valence-electron chi connectivity index (χ0n) is 18.9. The van der Waals surface area contributed by atoms with E-state index in [0.717, 1.165) is 17.3 Å². The maximum absolute atomic E-state index is 13.3. The molecule has 2 amide bonds. The fourth-order valence-corrected chi connectivity index (χ4v) is 4.22. The van der Waals surface area contributed by atoms with Gasteiger partial charge < -0.3 is 10.6 Å². The highest BCUT2D eigenvalue weighted by Crippen LogP contribution is 2.48. The van der Waals surface area contributed by atoms with Crippen LogP contribution in [0.1, 0.15) is 39.4 Å². The Labute approximate surface area is 204 Å². The van der Waals surface area contributed by atoms with Gasteiger partial charge in [-0.25, -0.2) is 0 Å². The van der Waals surface area contributed by atoms with E-state index in [1.165, 1.54) is 18.3 Å². The van der Waals surface area contributed by atoms with Crippen molar-refractivity contribution >= 4 is 28.3 Å². The maximum Gasteiger partial charge on any atom is 0.418 e. The molecule has 1 aliphatic carbocycles. The molecule has 0 bridgehead atoms. The summed E-state index contributed by atoms with van der Waals surface area (Å²) in [6.07, 6.45) is 1.58. The summed E-state index contributed by atoms with van der Waals surface area (Å²) in [7, 11) is 0. The van der Waals surface area contributed by atoms with Crippen molar-refractivity contribution in [3.05, 3.63) is 102 Å². The number of anilines is 1. The number of aromatic nitrogens is 2. The lowest BCUT2D eigenvalue weighted by Crippen LogP contribution is -2.22. The summed E-state index contributed by atoms with van der Waals surface area (Å²) in [5, 5.41) is 5.91. The maximum atomic E-state index is 13.3. The number of halogens is 3. The molecule has 0 aliphatic heterocycles. The molecule has 0 saturated heterocycles. The lowest BCUT2D eigenvalue weighted by Gasteiger charge is -2.12. The number of hydrogen-bond donors (Lipinski definition) is 2. The number of nitrogens with zero attached hydrogens (tertiary/aromatic N) is 2. The topological polar surface area (TPSA) is 84.0 Å². The minimum atomic E-state index is -4.54. The highest BCUT2D eigenvalue weighted by molar-refractivity contribution is 5.98. The monoisotopic (exact) mass is 490 g/mol. The molecule has 182 valence electrons. The number of benzene rings is 2. The molecule has 6 nitrogen and oxygen atoms in total. The van der Waals surface area contributed by atoms with Gasteiger partial charge in [0.2, 0.25) is 5.91 Å². The number of hydrogen-bond acceptors (Lipinski definition) is 4. The highest BCUT2D eigenvalue weighted by atomic mass is 19.4. The number of carbonyl (C=O) groups is 2. The van der Waals surface area contributed by atoms with Crippen LogP contribution in [0.3, 0.4) is 0 Å². The van der Waals surface area contributed by atoms with Gasteiger partial charge in [0, 0.05) is 53.9 Å². The van der Waals surface area contributed by atoms with E-state index in [-0.39, 0.29) is 29.0 Å². The van der Waals surface area contributed by atoms with E-state index in [1.807, 2.05) is 18.2 Å². The number of fused-ring (bicyclic) bond motifs is 1. The summed E-state index contributed by atoms with van der Waals surface area (Å²) in [4.78, 5) is 32.8. The van der Waals surface area contributed by atoms with E-state index in [1.54, 1.807) is 36.7 Å². The number of carbonyl (C=O) groups excluding carboxylic acids is 2. The van der Waals surface area contributed by atoms with Gasteiger partial charge in [-0.05, 0) is 59.2 Å². The summed E-state index contributed by atoms with van der Waals surface area (Å²) >= 11 is 0. The normalized spacial score (nSPS) is 17.0. The van der Waals surface area contributed by atoms with Gasteiger partial charge in [-0.1, -0.05) is 24.3 Å². The first-order valence-corrected chi connectivity index (χ1v) is 11.3. The molecule has 36 heavy (non-hydrogen) atoms. The van der Waals surface area contributed by atoms with E-state index < -0.39 is 11.7 Å². The zero-order valence-corrected chi connectivity index (χ0v) is 18.9. The van der Waals surface area contributed by atoms with Crippen LogP contribution in [0.5, 0.6) is 0 Å². The second kappa shape index (κ2) is 9.41.